The maximum Gasteiger partial charge on any atom is 0.408 e. The van der Waals surface area contributed by atoms with E-state index in [1.54, 1.807) is 14.1 Å². The highest BCUT2D eigenvalue weighted by molar-refractivity contribution is 5.85. The molecule has 24 heavy (non-hydrogen) atoms. The molecule has 0 aliphatic heterocycles. The minimum Gasteiger partial charge on any atom is -0.445 e. The van der Waals surface area contributed by atoms with Crippen molar-refractivity contribution in [1.82, 2.24) is 10.2 Å². The Morgan fingerprint density at radius 3 is 2.46 bits per heavy atom. The first kappa shape index (κ1) is 18.3. The molecule has 0 bridgehead atoms. The van der Waals surface area contributed by atoms with Crippen molar-refractivity contribution >= 4 is 12.0 Å². The molecule has 0 radical (unpaired) electrons. The molecule has 1 atom stereocenters. The molecule has 5 heteroatoms. The Labute approximate surface area is 144 Å². The molecule has 132 valence electrons. The number of carbonyl (C=O) groups is 2. The summed E-state index contributed by atoms with van der Waals surface area (Å²) in [5, 5.41) is 2.76. The van der Waals surface area contributed by atoms with E-state index >= 15 is 0 Å². The lowest BCUT2D eigenvalue weighted by atomic mass is 9.84. The third kappa shape index (κ3) is 5.87. The molecule has 0 saturated heterocycles. The van der Waals surface area contributed by atoms with Gasteiger partial charge in [-0.25, -0.2) is 4.79 Å². The predicted octanol–water partition coefficient (Wildman–Crippen LogP) is 3.34. The Morgan fingerprint density at radius 2 is 1.83 bits per heavy atom. The van der Waals surface area contributed by atoms with E-state index in [1.165, 1.54) is 24.2 Å². The maximum absolute atomic E-state index is 12.4. The van der Waals surface area contributed by atoms with Crippen molar-refractivity contribution in [2.24, 2.45) is 5.92 Å². The highest BCUT2D eigenvalue weighted by Gasteiger charge is 2.27. The zero-order valence-electron chi connectivity index (χ0n) is 14.7. The normalized spacial score (nSPS) is 16.2. The summed E-state index contributed by atoms with van der Waals surface area (Å²) in [6.07, 6.45) is 6.13. The minimum absolute atomic E-state index is 0.0720. The average Bonchev–Trinajstić information content (AvgIpc) is 2.60. The van der Waals surface area contributed by atoms with E-state index in [2.05, 4.69) is 5.32 Å². The molecule has 5 nitrogen and oxygen atoms in total. The molecule has 2 rings (SSSR count). The number of nitrogens with one attached hydrogen (secondary N) is 1. The number of amides is 2. The van der Waals surface area contributed by atoms with E-state index in [-0.39, 0.29) is 12.5 Å². The van der Waals surface area contributed by atoms with Crippen LogP contribution in [0.4, 0.5) is 4.79 Å². The van der Waals surface area contributed by atoms with Gasteiger partial charge in [0.2, 0.25) is 5.91 Å². The summed E-state index contributed by atoms with van der Waals surface area (Å²) >= 11 is 0. The molecule has 0 unspecified atom stereocenters. The smallest absolute Gasteiger partial charge is 0.408 e. The molecular formula is C19H28N2O3. The summed E-state index contributed by atoms with van der Waals surface area (Å²) in [5.41, 5.74) is 0.926. The van der Waals surface area contributed by atoms with Crippen molar-refractivity contribution in [2.75, 3.05) is 14.1 Å². The summed E-state index contributed by atoms with van der Waals surface area (Å²) in [5.74, 6) is 0.430. The molecule has 1 N–H and O–H groups in total. The van der Waals surface area contributed by atoms with E-state index < -0.39 is 12.1 Å². The average molecular weight is 332 g/mol. The lowest BCUT2D eigenvalue weighted by Crippen LogP contribution is -2.47. The van der Waals surface area contributed by atoms with Gasteiger partial charge in [-0.2, -0.15) is 0 Å². The van der Waals surface area contributed by atoms with Gasteiger partial charge < -0.3 is 15.0 Å². The zero-order chi connectivity index (χ0) is 17.4. The van der Waals surface area contributed by atoms with E-state index in [0.717, 1.165) is 18.4 Å². The fourth-order valence-corrected chi connectivity index (χ4v) is 3.20. The van der Waals surface area contributed by atoms with Crippen LogP contribution in [0.25, 0.3) is 0 Å². The number of rotatable bonds is 6. The van der Waals surface area contributed by atoms with Gasteiger partial charge >= 0.3 is 6.09 Å². The quantitative estimate of drug-likeness (QED) is 0.869. The van der Waals surface area contributed by atoms with Crippen LogP contribution in [0.15, 0.2) is 30.3 Å². The molecule has 1 saturated carbocycles. The number of nitrogens with zero attached hydrogens (tertiary/aromatic N) is 1. The predicted molar refractivity (Wildman–Crippen MR) is 93.4 cm³/mol. The maximum atomic E-state index is 12.4. The Bertz CT molecular complexity index is 525. The van der Waals surface area contributed by atoms with Gasteiger partial charge in [0.15, 0.2) is 0 Å². The molecule has 0 heterocycles. The van der Waals surface area contributed by atoms with Crippen molar-refractivity contribution in [3.63, 3.8) is 0 Å². The fraction of sp³-hybridized carbons (Fsp3) is 0.579. The van der Waals surface area contributed by atoms with Crippen LogP contribution in [-0.2, 0) is 16.1 Å². The van der Waals surface area contributed by atoms with Gasteiger partial charge in [0, 0.05) is 14.1 Å². The van der Waals surface area contributed by atoms with E-state index in [9.17, 15) is 9.59 Å². The summed E-state index contributed by atoms with van der Waals surface area (Å²) in [6.45, 7) is 0.207. The monoisotopic (exact) mass is 332 g/mol. The number of carbonyl (C=O) groups excluding carboxylic acids is 2. The molecule has 1 aliphatic carbocycles. The molecule has 1 fully saturated rings. The highest BCUT2D eigenvalue weighted by atomic mass is 16.5. The van der Waals surface area contributed by atoms with Crippen LogP contribution in [0.3, 0.4) is 0 Å². The van der Waals surface area contributed by atoms with Crippen LogP contribution in [0.5, 0.6) is 0 Å². The number of hydrogen-bond donors (Lipinski definition) is 1. The van der Waals surface area contributed by atoms with Gasteiger partial charge in [0.05, 0.1) is 0 Å². The highest BCUT2D eigenvalue weighted by Crippen LogP contribution is 2.27. The number of ether oxygens (including phenoxy) is 1. The summed E-state index contributed by atoms with van der Waals surface area (Å²) in [4.78, 5) is 26.0. The summed E-state index contributed by atoms with van der Waals surface area (Å²) in [6, 6.07) is 9.01. The van der Waals surface area contributed by atoms with Crippen molar-refractivity contribution in [2.45, 2.75) is 51.2 Å². The Morgan fingerprint density at radius 1 is 1.17 bits per heavy atom. The first-order valence-corrected chi connectivity index (χ1v) is 8.74. The molecule has 2 amide bonds. The standard InChI is InChI=1S/C19H28N2O3/c1-21(2)18(22)17(13-15-9-5-3-6-10-15)20-19(23)24-14-16-11-7-4-8-12-16/h4,7-8,11-12,15,17H,3,5-6,9-10,13-14H2,1-2H3,(H,20,23)/t17-/m0/s1. The molecule has 1 aromatic carbocycles. The second-order valence-electron chi connectivity index (χ2n) is 6.73. The van der Waals surface area contributed by atoms with Crippen LogP contribution in [0.1, 0.15) is 44.1 Å². The number of benzene rings is 1. The Hall–Kier alpha value is -2.04. The fourth-order valence-electron chi connectivity index (χ4n) is 3.20. The summed E-state index contributed by atoms with van der Waals surface area (Å²) < 4.78 is 5.26. The van der Waals surface area contributed by atoms with E-state index in [1.807, 2.05) is 30.3 Å². The van der Waals surface area contributed by atoms with Crippen molar-refractivity contribution in [3.8, 4) is 0 Å². The van der Waals surface area contributed by atoms with E-state index in [0.29, 0.717) is 12.3 Å². The third-order valence-electron chi connectivity index (χ3n) is 4.54. The van der Waals surface area contributed by atoms with Gasteiger partial charge in [0.1, 0.15) is 12.6 Å². The van der Waals surface area contributed by atoms with Crippen LogP contribution in [-0.4, -0.2) is 37.0 Å². The topological polar surface area (TPSA) is 58.6 Å². The minimum atomic E-state index is -0.533. The number of likely N-dealkylation sites (N-methyl/N-ethyl adjacent to an activating group) is 1. The second-order valence-corrected chi connectivity index (χ2v) is 6.73. The molecule has 1 aromatic rings. The largest absolute Gasteiger partial charge is 0.445 e. The van der Waals surface area contributed by atoms with Gasteiger partial charge in [-0.05, 0) is 17.9 Å². The molecule has 1 aliphatic rings. The Kier molecular flexibility index (Phi) is 7.09. The first-order valence-electron chi connectivity index (χ1n) is 8.74. The molecule has 0 aromatic heterocycles. The lowest BCUT2D eigenvalue weighted by Gasteiger charge is -2.28. The van der Waals surface area contributed by atoms with Gasteiger partial charge in [0.25, 0.3) is 0 Å². The molecule has 0 spiro atoms. The second kappa shape index (κ2) is 9.30. The van der Waals surface area contributed by atoms with Crippen molar-refractivity contribution in [1.29, 1.82) is 0 Å². The van der Waals surface area contributed by atoms with Gasteiger partial charge in [-0.1, -0.05) is 62.4 Å². The lowest BCUT2D eigenvalue weighted by molar-refractivity contribution is -0.131. The molecular weight excluding hydrogens is 304 g/mol. The SMILES string of the molecule is CN(C)C(=O)[C@H](CC1CCCCC1)NC(=O)OCc1ccccc1. The van der Waals surface area contributed by atoms with Crippen LogP contribution >= 0.6 is 0 Å². The Balaban J connectivity index is 1.88. The number of hydrogen-bond acceptors (Lipinski definition) is 3. The third-order valence-corrected chi connectivity index (χ3v) is 4.54. The summed E-state index contributed by atoms with van der Waals surface area (Å²) in [7, 11) is 3.43. The van der Waals surface area contributed by atoms with Crippen molar-refractivity contribution in [3.05, 3.63) is 35.9 Å². The first-order chi connectivity index (χ1) is 11.6. The van der Waals surface area contributed by atoms with Crippen molar-refractivity contribution < 1.29 is 14.3 Å². The van der Waals surface area contributed by atoms with Crippen LogP contribution in [0.2, 0.25) is 0 Å². The zero-order valence-corrected chi connectivity index (χ0v) is 14.7. The number of alkyl carbamates (subject to hydrolysis) is 1. The van der Waals surface area contributed by atoms with Crippen LogP contribution < -0.4 is 5.32 Å². The van der Waals surface area contributed by atoms with Gasteiger partial charge in [-0.3, -0.25) is 4.79 Å². The van der Waals surface area contributed by atoms with Crippen LogP contribution in [0, 0.1) is 5.92 Å². The van der Waals surface area contributed by atoms with E-state index in [4.69, 9.17) is 4.74 Å². The van der Waals surface area contributed by atoms with Gasteiger partial charge in [-0.15, -0.1) is 0 Å².